The lowest BCUT2D eigenvalue weighted by Crippen LogP contribution is -2.41. The van der Waals surface area contributed by atoms with Gasteiger partial charge in [-0.15, -0.1) is 0 Å². The molecule has 1 aliphatic rings. The van der Waals surface area contributed by atoms with Crippen LogP contribution in [0.1, 0.15) is 22.8 Å². The molecule has 1 unspecified atom stereocenters. The summed E-state index contributed by atoms with van der Waals surface area (Å²) in [5.41, 5.74) is 1.49. The zero-order valence-corrected chi connectivity index (χ0v) is 23.6. The number of para-hydroxylation sites is 1. The minimum atomic E-state index is -4.00. The molecule has 40 heavy (non-hydrogen) atoms. The van der Waals surface area contributed by atoms with Crippen LogP contribution in [0, 0.1) is 0 Å². The highest BCUT2D eigenvalue weighted by Crippen LogP contribution is 2.42. The number of hydrogen-bond donors (Lipinski definition) is 1. The van der Waals surface area contributed by atoms with Crippen LogP contribution in [0.5, 0.6) is 23.0 Å². The van der Waals surface area contributed by atoms with E-state index in [-0.39, 0.29) is 23.5 Å². The average Bonchev–Trinajstić information content (AvgIpc) is 3.05. The maximum atomic E-state index is 13.8. The third-order valence-electron chi connectivity index (χ3n) is 6.76. The lowest BCUT2D eigenvalue weighted by Gasteiger charge is -2.22. The van der Waals surface area contributed by atoms with Crippen molar-refractivity contribution in [2.24, 2.45) is 0 Å². The number of ether oxygens (including phenoxy) is 4. The molecule has 212 valence electrons. The number of anilines is 1. The van der Waals surface area contributed by atoms with Crippen LogP contribution in [0.25, 0.3) is 0 Å². The highest BCUT2D eigenvalue weighted by atomic mass is 32.2. The van der Waals surface area contributed by atoms with Crippen LogP contribution >= 0.6 is 0 Å². The largest absolute Gasteiger partial charge is 0.493 e. The van der Waals surface area contributed by atoms with Gasteiger partial charge in [0.15, 0.2) is 32.8 Å². The van der Waals surface area contributed by atoms with Crippen LogP contribution in [0.2, 0.25) is 0 Å². The number of sulfone groups is 1. The Morgan fingerprint density at radius 3 is 2.17 bits per heavy atom. The van der Waals surface area contributed by atoms with Crippen LogP contribution < -0.4 is 29.2 Å². The number of nitrogens with zero attached hydrogens (tertiary/aromatic N) is 1. The normalized spacial score (nSPS) is 15.9. The molecule has 0 spiro atoms. The lowest BCUT2D eigenvalue weighted by atomic mass is 10.1. The molecule has 0 aliphatic carbocycles. The fourth-order valence-corrected chi connectivity index (χ4v) is 6.60. The first-order valence-corrected chi connectivity index (χ1v) is 14.1. The zero-order valence-electron chi connectivity index (χ0n) is 22.8. The molecule has 11 heteroatoms. The Hall–Kier alpha value is -4.25. The lowest BCUT2D eigenvalue weighted by molar-refractivity contribution is -0.123. The summed E-state index contributed by atoms with van der Waals surface area (Å²) in [7, 11) is 2.05. The molecule has 10 nitrogen and oxygen atoms in total. The van der Waals surface area contributed by atoms with Crippen molar-refractivity contribution < 1.29 is 37.0 Å². The number of hydrogen-bond acceptors (Lipinski definition) is 8. The highest BCUT2D eigenvalue weighted by molar-refractivity contribution is 7.92. The summed E-state index contributed by atoms with van der Waals surface area (Å²) in [6.07, 6.45) is 0.178. The fourth-order valence-electron chi connectivity index (χ4n) is 4.69. The molecule has 4 rings (SSSR count). The molecule has 1 atom stereocenters. The summed E-state index contributed by atoms with van der Waals surface area (Å²) in [4.78, 5) is 27.6. The first kappa shape index (κ1) is 28.8. The Morgan fingerprint density at radius 1 is 0.875 bits per heavy atom. The van der Waals surface area contributed by atoms with E-state index in [1.54, 1.807) is 56.7 Å². The van der Waals surface area contributed by atoms with Gasteiger partial charge in [-0.05, 0) is 53.9 Å². The molecule has 0 aromatic heterocycles. The minimum Gasteiger partial charge on any atom is -0.493 e. The van der Waals surface area contributed by atoms with Crippen LogP contribution in [0.15, 0.2) is 65.6 Å². The number of benzene rings is 3. The SMILES string of the molecule is COc1ccc(CCNC(=O)CN2C(=O)CC(c3ccc(OC)c(OC)c3)S(=O)(=O)c3ccccc32)cc1OC. The summed E-state index contributed by atoms with van der Waals surface area (Å²) in [6.45, 7) is -0.0134. The van der Waals surface area contributed by atoms with Crippen LogP contribution in [-0.2, 0) is 25.8 Å². The van der Waals surface area contributed by atoms with Crippen molar-refractivity contribution in [3.63, 3.8) is 0 Å². The standard InChI is InChI=1S/C29H32N2O8S/c1-36-22-11-9-19(15-24(22)38-3)13-14-30-28(32)18-31-21-7-5-6-8-26(21)40(34,35)27(17-29(31)33)20-10-12-23(37-2)25(16-20)39-4/h5-12,15-16,27H,13-14,17-18H2,1-4H3,(H,30,32). The van der Waals surface area contributed by atoms with Crippen molar-refractivity contribution in [3.8, 4) is 23.0 Å². The van der Waals surface area contributed by atoms with E-state index in [0.29, 0.717) is 41.5 Å². The number of amides is 2. The second-order valence-corrected chi connectivity index (χ2v) is 11.2. The topological polar surface area (TPSA) is 120 Å². The first-order chi connectivity index (χ1) is 19.2. The van der Waals surface area contributed by atoms with E-state index in [0.717, 1.165) is 5.56 Å². The van der Waals surface area contributed by atoms with Gasteiger partial charge in [0.2, 0.25) is 11.8 Å². The summed E-state index contributed by atoms with van der Waals surface area (Å²) < 4.78 is 48.8. The van der Waals surface area contributed by atoms with Crippen LogP contribution in [0.3, 0.4) is 0 Å². The molecular formula is C29H32N2O8S. The van der Waals surface area contributed by atoms with Crippen LogP contribution in [0.4, 0.5) is 5.69 Å². The van der Waals surface area contributed by atoms with Crippen molar-refractivity contribution in [2.75, 3.05) is 46.4 Å². The molecule has 1 heterocycles. The summed E-state index contributed by atoms with van der Waals surface area (Å²) >= 11 is 0. The number of rotatable bonds is 10. The van der Waals surface area contributed by atoms with Crippen LogP contribution in [-0.4, -0.2) is 61.8 Å². The predicted molar refractivity (Wildman–Crippen MR) is 149 cm³/mol. The Labute approximate surface area is 233 Å². The number of nitrogens with one attached hydrogen (secondary N) is 1. The van der Waals surface area contributed by atoms with Gasteiger partial charge in [-0.1, -0.05) is 24.3 Å². The molecule has 3 aromatic carbocycles. The second kappa shape index (κ2) is 12.3. The Bertz CT molecular complexity index is 1510. The molecule has 2 amide bonds. The summed E-state index contributed by atoms with van der Waals surface area (Å²) in [5.74, 6) is 1.09. The number of methoxy groups -OCH3 is 4. The van der Waals surface area contributed by atoms with E-state index in [9.17, 15) is 18.0 Å². The molecule has 0 saturated heterocycles. The van der Waals surface area contributed by atoms with Gasteiger partial charge in [0.25, 0.3) is 0 Å². The van der Waals surface area contributed by atoms with Gasteiger partial charge in [-0.2, -0.15) is 0 Å². The van der Waals surface area contributed by atoms with E-state index in [1.807, 2.05) is 12.1 Å². The molecule has 0 radical (unpaired) electrons. The van der Waals surface area contributed by atoms with Gasteiger partial charge in [0.05, 0.1) is 44.3 Å². The quantitative estimate of drug-likeness (QED) is 0.396. The van der Waals surface area contributed by atoms with Crippen molar-refractivity contribution >= 4 is 27.3 Å². The molecule has 0 fully saturated rings. The van der Waals surface area contributed by atoms with E-state index >= 15 is 0 Å². The Balaban J connectivity index is 1.54. The maximum absolute atomic E-state index is 13.8. The molecular weight excluding hydrogens is 536 g/mol. The Kier molecular flexibility index (Phi) is 8.83. The minimum absolute atomic E-state index is 0.0150. The van der Waals surface area contributed by atoms with Crippen molar-refractivity contribution in [3.05, 3.63) is 71.8 Å². The van der Waals surface area contributed by atoms with Gasteiger partial charge < -0.3 is 29.2 Å². The van der Waals surface area contributed by atoms with E-state index in [2.05, 4.69) is 5.32 Å². The third-order valence-corrected chi connectivity index (χ3v) is 8.91. The van der Waals surface area contributed by atoms with Crippen molar-refractivity contribution in [1.82, 2.24) is 5.32 Å². The van der Waals surface area contributed by atoms with Gasteiger partial charge in [-0.25, -0.2) is 8.42 Å². The van der Waals surface area contributed by atoms with E-state index < -0.39 is 26.9 Å². The molecule has 0 bridgehead atoms. The third kappa shape index (κ3) is 5.84. The number of fused-ring (bicyclic) bond motifs is 1. The summed E-state index contributed by atoms with van der Waals surface area (Å²) in [5, 5.41) is 1.66. The van der Waals surface area contributed by atoms with E-state index in [1.165, 1.54) is 25.2 Å². The van der Waals surface area contributed by atoms with Gasteiger partial charge in [-0.3, -0.25) is 9.59 Å². The molecule has 0 saturated carbocycles. The smallest absolute Gasteiger partial charge is 0.240 e. The second-order valence-electron chi connectivity index (χ2n) is 9.09. The molecule has 1 N–H and O–H groups in total. The van der Waals surface area contributed by atoms with Crippen molar-refractivity contribution in [1.29, 1.82) is 0 Å². The molecule has 1 aliphatic heterocycles. The predicted octanol–water partition coefficient (Wildman–Crippen LogP) is 3.33. The fraction of sp³-hybridized carbons (Fsp3) is 0.310. The summed E-state index contributed by atoms with van der Waals surface area (Å²) in [6, 6.07) is 16.5. The first-order valence-electron chi connectivity index (χ1n) is 12.6. The number of carbonyl (C=O) groups is 2. The van der Waals surface area contributed by atoms with Gasteiger partial charge >= 0.3 is 0 Å². The average molecular weight is 569 g/mol. The maximum Gasteiger partial charge on any atom is 0.240 e. The monoisotopic (exact) mass is 568 g/mol. The Morgan fingerprint density at radius 2 is 1.50 bits per heavy atom. The highest BCUT2D eigenvalue weighted by Gasteiger charge is 2.40. The van der Waals surface area contributed by atoms with Gasteiger partial charge in [0.1, 0.15) is 6.54 Å². The zero-order chi connectivity index (χ0) is 28.9. The van der Waals surface area contributed by atoms with E-state index in [4.69, 9.17) is 18.9 Å². The van der Waals surface area contributed by atoms with Crippen molar-refractivity contribution in [2.45, 2.75) is 23.0 Å². The molecule has 3 aromatic rings. The number of carbonyl (C=O) groups excluding carboxylic acids is 2. The van der Waals surface area contributed by atoms with Gasteiger partial charge in [0, 0.05) is 13.0 Å².